The summed E-state index contributed by atoms with van der Waals surface area (Å²) in [5.41, 5.74) is 0.729. The van der Waals surface area contributed by atoms with E-state index in [1.807, 2.05) is 21.6 Å². The van der Waals surface area contributed by atoms with Crippen LogP contribution < -0.4 is 5.32 Å². The van der Waals surface area contributed by atoms with E-state index in [4.69, 9.17) is 5.11 Å². The second-order valence-electron chi connectivity index (χ2n) is 7.94. The Kier molecular flexibility index (Phi) is 6.78. The van der Waals surface area contributed by atoms with Crippen molar-refractivity contribution in [2.24, 2.45) is 5.92 Å². The molecule has 4 rings (SSSR count). The summed E-state index contributed by atoms with van der Waals surface area (Å²) < 4.78 is 0. The summed E-state index contributed by atoms with van der Waals surface area (Å²) >= 11 is 3.31. The monoisotopic (exact) mass is 438 g/mol. The van der Waals surface area contributed by atoms with Gasteiger partial charge in [0.05, 0.1) is 23.0 Å². The third-order valence-electron chi connectivity index (χ3n) is 6.20. The molecule has 9 heteroatoms. The first-order valence-corrected chi connectivity index (χ1v) is 12.4. The van der Waals surface area contributed by atoms with Gasteiger partial charge in [-0.3, -0.25) is 14.5 Å². The molecular weight excluding hydrogens is 408 g/mol. The maximum atomic E-state index is 13.2. The minimum atomic E-state index is -0.231. The molecule has 3 heterocycles. The first-order valence-electron chi connectivity index (χ1n) is 10.4. The van der Waals surface area contributed by atoms with Crippen molar-refractivity contribution in [1.82, 2.24) is 20.0 Å². The number of nitrogens with one attached hydrogen (secondary N) is 1. The molecule has 3 aliphatic heterocycles. The number of carbonyl (C=O) groups is 2. The van der Waals surface area contributed by atoms with E-state index in [0.29, 0.717) is 43.1 Å². The fourth-order valence-corrected chi connectivity index (χ4v) is 7.34. The number of thioether (sulfide) groups is 2. The van der Waals surface area contributed by atoms with Crippen LogP contribution in [0.15, 0.2) is 23.3 Å². The fourth-order valence-electron chi connectivity index (χ4n) is 4.65. The molecular formula is C20H30N4O3S2. The van der Waals surface area contributed by atoms with Gasteiger partial charge in [-0.25, -0.2) is 0 Å². The van der Waals surface area contributed by atoms with Crippen molar-refractivity contribution in [1.29, 1.82) is 0 Å². The number of hydrogen-bond donors (Lipinski definition) is 2. The van der Waals surface area contributed by atoms with E-state index >= 15 is 0 Å². The van der Waals surface area contributed by atoms with Crippen LogP contribution in [0.1, 0.15) is 19.3 Å². The largest absolute Gasteiger partial charge is 0.395 e. The van der Waals surface area contributed by atoms with Crippen LogP contribution in [-0.2, 0) is 9.59 Å². The Morgan fingerprint density at radius 1 is 1.31 bits per heavy atom. The number of piperazine rings is 1. The van der Waals surface area contributed by atoms with Crippen molar-refractivity contribution < 1.29 is 14.7 Å². The molecule has 1 saturated carbocycles. The molecule has 160 valence electrons. The van der Waals surface area contributed by atoms with Gasteiger partial charge in [0.25, 0.3) is 5.91 Å². The van der Waals surface area contributed by atoms with Crippen molar-refractivity contribution in [3.63, 3.8) is 0 Å². The molecule has 0 aromatic rings. The molecule has 3 unspecified atom stereocenters. The minimum Gasteiger partial charge on any atom is -0.395 e. The van der Waals surface area contributed by atoms with Crippen LogP contribution in [0, 0.1) is 5.92 Å². The fraction of sp³-hybridized carbons (Fsp3) is 0.700. The predicted molar refractivity (Wildman–Crippen MR) is 117 cm³/mol. The number of rotatable bonds is 7. The summed E-state index contributed by atoms with van der Waals surface area (Å²) in [4.78, 5) is 31.8. The molecule has 29 heavy (non-hydrogen) atoms. The number of amides is 2. The third-order valence-corrected chi connectivity index (χ3v) is 8.74. The Morgan fingerprint density at radius 3 is 2.83 bits per heavy atom. The quantitative estimate of drug-likeness (QED) is 0.572. The molecule has 0 bridgehead atoms. The van der Waals surface area contributed by atoms with Gasteiger partial charge in [0.1, 0.15) is 0 Å². The van der Waals surface area contributed by atoms with E-state index in [0.717, 1.165) is 30.1 Å². The summed E-state index contributed by atoms with van der Waals surface area (Å²) in [6.45, 7) is 8.11. The number of carbonyl (C=O) groups excluding carboxylic acids is 2. The van der Waals surface area contributed by atoms with E-state index in [2.05, 4.69) is 16.8 Å². The van der Waals surface area contributed by atoms with Crippen molar-refractivity contribution >= 4 is 35.3 Å². The molecule has 0 aromatic carbocycles. The van der Waals surface area contributed by atoms with Crippen LogP contribution in [0.2, 0.25) is 0 Å². The summed E-state index contributed by atoms with van der Waals surface area (Å²) in [5.74, 6) is 0.953. The van der Waals surface area contributed by atoms with Gasteiger partial charge >= 0.3 is 0 Å². The lowest BCUT2D eigenvalue weighted by Gasteiger charge is -2.38. The van der Waals surface area contributed by atoms with Gasteiger partial charge in [-0.1, -0.05) is 12.5 Å². The third kappa shape index (κ3) is 4.33. The number of nitrogens with zero attached hydrogens (tertiary/aromatic N) is 3. The second-order valence-corrected chi connectivity index (χ2v) is 10.3. The normalized spacial score (nSPS) is 29.7. The van der Waals surface area contributed by atoms with Crippen molar-refractivity contribution in [2.75, 3.05) is 51.6 Å². The molecule has 4 aliphatic rings. The van der Waals surface area contributed by atoms with Crippen molar-refractivity contribution in [3.8, 4) is 0 Å². The first-order chi connectivity index (χ1) is 14.1. The summed E-state index contributed by atoms with van der Waals surface area (Å²) in [5, 5.41) is 14.2. The zero-order valence-electron chi connectivity index (χ0n) is 16.7. The predicted octanol–water partition coefficient (Wildman–Crippen LogP) is 0.885. The SMILES string of the molecule is C=CCN1C(=O)C2=C(NC1SCC(=O)N1CCN(CCO)CC1)SC1CCCC21. The Bertz CT molecular complexity index is 693. The number of hydrogen-bond acceptors (Lipinski definition) is 7. The molecule has 0 aromatic heterocycles. The maximum absolute atomic E-state index is 13.2. The summed E-state index contributed by atoms with van der Waals surface area (Å²) in [7, 11) is 0. The Hall–Kier alpha value is -1.16. The molecule has 1 saturated heterocycles. The highest BCUT2D eigenvalue weighted by Gasteiger charge is 2.47. The van der Waals surface area contributed by atoms with Crippen molar-refractivity contribution in [2.45, 2.75) is 30.0 Å². The number of aliphatic hydroxyl groups excluding tert-OH is 1. The maximum Gasteiger partial charge on any atom is 0.255 e. The molecule has 0 radical (unpaired) electrons. The van der Waals surface area contributed by atoms with E-state index in [-0.39, 0.29) is 23.9 Å². The van der Waals surface area contributed by atoms with E-state index in [1.54, 1.807) is 6.08 Å². The zero-order valence-corrected chi connectivity index (χ0v) is 18.3. The lowest BCUT2D eigenvalue weighted by Crippen LogP contribution is -2.53. The van der Waals surface area contributed by atoms with Crippen LogP contribution in [0.5, 0.6) is 0 Å². The topological polar surface area (TPSA) is 76.1 Å². The summed E-state index contributed by atoms with van der Waals surface area (Å²) in [6.07, 6.45) is 5.24. The number of fused-ring (bicyclic) bond motifs is 2. The highest BCUT2D eigenvalue weighted by molar-refractivity contribution is 8.04. The first kappa shape index (κ1) is 21.1. The average Bonchev–Trinajstić information content (AvgIpc) is 3.30. The molecule has 2 amide bonds. The molecule has 7 nitrogen and oxygen atoms in total. The Morgan fingerprint density at radius 2 is 2.10 bits per heavy atom. The van der Waals surface area contributed by atoms with Crippen LogP contribution in [0.4, 0.5) is 0 Å². The zero-order chi connectivity index (χ0) is 20.4. The van der Waals surface area contributed by atoms with Gasteiger partial charge in [0.15, 0.2) is 5.50 Å². The van der Waals surface area contributed by atoms with Crippen LogP contribution in [0.25, 0.3) is 0 Å². The van der Waals surface area contributed by atoms with Crippen LogP contribution in [0.3, 0.4) is 0 Å². The number of aliphatic hydroxyl groups is 1. The van der Waals surface area contributed by atoms with Crippen LogP contribution in [-0.4, -0.2) is 94.0 Å². The van der Waals surface area contributed by atoms with Gasteiger partial charge in [0.2, 0.25) is 5.91 Å². The summed E-state index contributed by atoms with van der Waals surface area (Å²) in [6, 6.07) is 0. The Labute approximate surface area is 180 Å². The average molecular weight is 439 g/mol. The van der Waals surface area contributed by atoms with E-state index in [1.165, 1.54) is 24.6 Å². The van der Waals surface area contributed by atoms with E-state index < -0.39 is 0 Å². The van der Waals surface area contributed by atoms with Gasteiger partial charge in [0, 0.05) is 50.4 Å². The molecule has 2 N–H and O–H groups in total. The number of β-amino-alcohol motifs (C(OH)–C–C–N with tert-alkyl or cyclic N) is 1. The standard InChI is InChI=1S/C20H30N4O3S2/c1-2-6-24-19(27)17-14-4-3-5-15(14)29-18(17)21-20(24)28-13-16(26)23-9-7-22(8-10-23)11-12-25/h2,14-15,20-21,25H,1,3-13H2. The lowest BCUT2D eigenvalue weighted by molar-refractivity contribution is -0.131. The smallest absolute Gasteiger partial charge is 0.255 e. The van der Waals surface area contributed by atoms with Crippen molar-refractivity contribution in [3.05, 3.63) is 23.3 Å². The van der Waals surface area contributed by atoms with Crippen LogP contribution >= 0.6 is 23.5 Å². The van der Waals surface area contributed by atoms with Gasteiger partial charge in [-0.05, 0) is 12.8 Å². The highest BCUT2D eigenvalue weighted by atomic mass is 32.2. The second kappa shape index (κ2) is 9.32. The molecule has 1 aliphatic carbocycles. The Balaban J connectivity index is 1.36. The minimum absolute atomic E-state index is 0.113. The van der Waals surface area contributed by atoms with Gasteiger partial charge < -0.3 is 20.2 Å². The van der Waals surface area contributed by atoms with Gasteiger partial charge in [-0.2, -0.15) is 0 Å². The molecule has 3 atom stereocenters. The van der Waals surface area contributed by atoms with Gasteiger partial charge in [-0.15, -0.1) is 30.1 Å². The highest BCUT2D eigenvalue weighted by Crippen LogP contribution is 2.51. The lowest BCUT2D eigenvalue weighted by atomic mass is 9.96. The molecule has 2 fully saturated rings. The van der Waals surface area contributed by atoms with E-state index in [9.17, 15) is 9.59 Å². The molecule has 0 spiro atoms.